The number of ether oxygens (including phenoxy) is 4. The molecule has 0 bridgehead atoms. The van der Waals surface area contributed by atoms with Crippen molar-refractivity contribution in [3.63, 3.8) is 0 Å². The molecular formula is C16H31NO4. The van der Waals surface area contributed by atoms with Gasteiger partial charge in [0.25, 0.3) is 0 Å². The zero-order chi connectivity index (χ0) is 15.1. The average Bonchev–Trinajstić information content (AvgIpc) is 2.92. The summed E-state index contributed by atoms with van der Waals surface area (Å²) < 4.78 is 23.4. The fourth-order valence-corrected chi connectivity index (χ4v) is 3.20. The van der Waals surface area contributed by atoms with Crippen molar-refractivity contribution in [2.75, 3.05) is 33.0 Å². The molecule has 5 heteroatoms. The fraction of sp³-hybridized carbons (Fsp3) is 1.00. The van der Waals surface area contributed by atoms with Crippen LogP contribution in [-0.4, -0.2) is 57.0 Å². The van der Waals surface area contributed by atoms with E-state index in [-0.39, 0.29) is 12.2 Å². The van der Waals surface area contributed by atoms with E-state index in [2.05, 4.69) is 19.2 Å². The Labute approximate surface area is 128 Å². The van der Waals surface area contributed by atoms with Gasteiger partial charge in [0.05, 0.1) is 32.0 Å². The van der Waals surface area contributed by atoms with E-state index in [0.29, 0.717) is 25.9 Å². The first-order chi connectivity index (χ1) is 10.2. The molecule has 2 rings (SSSR count). The predicted octanol–water partition coefficient (Wildman–Crippen LogP) is 2.09. The van der Waals surface area contributed by atoms with Crippen molar-refractivity contribution in [3.05, 3.63) is 0 Å². The second-order valence-corrected chi connectivity index (χ2v) is 6.06. The van der Waals surface area contributed by atoms with E-state index in [1.54, 1.807) is 0 Å². The van der Waals surface area contributed by atoms with Gasteiger partial charge in [-0.1, -0.05) is 6.92 Å². The first-order valence-electron chi connectivity index (χ1n) is 8.43. The molecule has 1 spiro atoms. The molecule has 124 valence electrons. The van der Waals surface area contributed by atoms with Crippen LogP contribution in [0.25, 0.3) is 0 Å². The van der Waals surface area contributed by atoms with Crippen molar-refractivity contribution in [1.82, 2.24) is 5.32 Å². The molecule has 1 aliphatic carbocycles. The van der Waals surface area contributed by atoms with E-state index in [1.165, 1.54) is 0 Å². The summed E-state index contributed by atoms with van der Waals surface area (Å²) in [5.41, 5.74) is 0. The van der Waals surface area contributed by atoms with Gasteiger partial charge in [0.1, 0.15) is 0 Å². The van der Waals surface area contributed by atoms with Gasteiger partial charge in [-0.05, 0) is 33.2 Å². The van der Waals surface area contributed by atoms with E-state index in [4.69, 9.17) is 18.9 Å². The van der Waals surface area contributed by atoms with Crippen molar-refractivity contribution in [2.24, 2.45) is 0 Å². The van der Waals surface area contributed by atoms with Crippen molar-refractivity contribution >= 4 is 0 Å². The van der Waals surface area contributed by atoms with Gasteiger partial charge in [-0.3, -0.25) is 0 Å². The minimum Gasteiger partial charge on any atom is -0.379 e. The minimum atomic E-state index is -0.402. The highest BCUT2D eigenvalue weighted by Gasteiger charge is 2.45. The van der Waals surface area contributed by atoms with Gasteiger partial charge >= 0.3 is 0 Å². The Morgan fingerprint density at radius 1 is 1.29 bits per heavy atom. The Balaban J connectivity index is 1.91. The zero-order valence-corrected chi connectivity index (χ0v) is 13.7. The van der Waals surface area contributed by atoms with Crippen LogP contribution in [0.1, 0.15) is 46.5 Å². The van der Waals surface area contributed by atoms with Gasteiger partial charge < -0.3 is 24.3 Å². The topological polar surface area (TPSA) is 49.0 Å². The highest BCUT2D eigenvalue weighted by molar-refractivity contribution is 4.92. The lowest BCUT2D eigenvalue weighted by Crippen LogP contribution is -2.53. The molecule has 1 aliphatic heterocycles. The second-order valence-electron chi connectivity index (χ2n) is 6.06. The van der Waals surface area contributed by atoms with E-state index < -0.39 is 5.79 Å². The average molecular weight is 301 g/mol. The molecule has 1 saturated heterocycles. The number of nitrogens with one attached hydrogen (secondary N) is 1. The third-order valence-corrected chi connectivity index (χ3v) is 4.23. The summed E-state index contributed by atoms with van der Waals surface area (Å²) in [6, 6.07) is 0.382. The van der Waals surface area contributed by atoms with E-state index >= 15 is 0 Å². The molecule has 0 amide bonds. The van der Waals surface area contributed by atoms with Crippen LogP contribution >= 0.6 is 0 Å². The summed E-state index contributed by atoms with van der Waals surface area (Å²) in [5, 5.41) is 3.61. The fourth-order valence-electron chi connectivity index (χ4n) is 3.20. The molecule has 1 N–H and O–H groups in total. The Bertz CT molecular complexity index is 294. The summed E-state index contributed by atoms with van der Waals surface area (Å²) in [6.45, 7) is 10.1. The Morgan fingerprint density at radius 3 is 2.71 bits per heavy atom. The maximum Gasteiger partial charge on any atom is 0.171 e. The van der Waals surface area contributed by atoms with Crippen LogP contribution in [0.4, 0.5) is 0 Å². The molecule has 5 nitrogen and oxygen atoms in total. The highest BCUT2D eigenvalue weighted by atomic mass is 16.7. The van der Waals surface area contributed by atoms with Gasteiger partial charge in [-0.25, -0.2) is 0 Å². The van der Waals surface area contributed by atoms with Gasteiger partial charge in [0, 0.05) is 25.5 Å². The molecule has 0 radical (unpaired) electrons. The van der Waals surface area contributed by atoms with Crippen LogP contribution < -0.4 is 5.32 Å². The molecular weight excluding hydrogens is 270 g/mol. The smallest absolute Gasteiger partial charge is 0.171 e. The number of hydrogen-bond donors (Lipinski definition) is 1. The van der Waals surface area contributed by atoms with Gasteiger partial charge in [-0.2, -0.15) is 0 Å². The van der Waals surface area contributed by atoms with Crippen molar-refractivity contribution in [3.8, 4) is 0 Å². The Morgan fingerprint density at radius 2 is 2.05 bits per heavy atom. The summed E-state index contributed by atoms with van der Waals surface area (Å²) in [7, 11) is 0. The van der Waals surface area contributed by atoms with Crippen LogP contribution in [-0.2, 0) is 18.9 Å². The van der Waals surface area contributed by atoms with Gasteiger partial charge in [0.2, 0.25) is 0 Å². The highest BCUT2D eigenvalue weighted by Crippen LogP contribution is 2.37. The van der Waals surface area contributed by atoms with Crippen molar-refractivity contribution < 1.29 is 18.9 Å². The largest absolute Gasteiger partial charge is 0.379 e. The molecule has 3 atom stereocenters. The lowest BCUT2D eigenvalue weighted by Gasteiger charge is -2.42. The van der Waals surface area contributed by atoms with Crippen molar-refractivity contribution in [2.45, 2.75) is 70.5 Å². The first kappa shape index (κ1) is 17.2. The standard InChI is InChI=1S/C16H31NO4/c1-4-8-17-14-6-7-16(19-9-10-20-16)11-15(14)21-13(3)12-18-5-2/h13-15,17H,4-12H2,1-3H3. The molecule has 21 heavy (non-hydrogen) atoms. The van der Waals surface area contributed by atoms with Crippen LogP contribution in [0.2, 0.25) is 0 Å². The molecule has 0 aromatic rings. The minimum absolute atomic E-state index is 0.0948. The number of rotatable bonds is 8. The first-order valence-corrected chi connectivity index (χ1v) is 8.43. The molecule has 3 unspecified atom stereocenters. The normalized spacial score (nSPS) is 29.9. The molecule has 0 aromatic heterocycles. The molecule has 1 heterocycles. The quantitative estimate of drug-likeness (QED) is 0.744. The van der Waals surface area contributed by atoms with E-state index in [9.17, 15) is 0 Å². The summed E-state index contributed by atoms with van der Waals surface area (Å²) in [6.07, 6.45) is 4.15. The van der Waals surface area contributed by atoms with Gasteiger partial charge in [0.15, 0.2) is 5.79 Å². The van der Waals surface area contributed by atoms with E-state index in [1.807, 2.05) is 6.92 Å². The molecule has 0 aromatic carbocycles. The maximum absolute atomic E-state index is 6.24. The Hall–Kier alpha value is -0.200. The SMILES string of the molecule is CCCNC1CCC2(CC1OC(C)COCC)OCCO2. The van der Waals surface area contributed by atoms with Crippen LogP contribution in [0.15, 0.2) is 0 Å². The van der Waals surface area contributed by atoms with Crippen molar-refractivity contribution in [1.29, 1.82) is 0 Å². The summed E-state index contributed by atoms with van der Waals surface area (Å²) >= 11 is 0. The molecule has 2 aliphatic rings. The third kappa shape index (κ3) is 4.89. The monoisotopic (exact) mass is 301 g/mol. The Kier molecular flexibility index (Phi) is 6.89. The molecule has 1 saturated carbocycles. The summed E-state index contributed by atoms with van der Waals surface area (Å²) in [5.74, 6) is -0.402. The second kappa shape index (κ2) is 8.44. The van der Waals surface area contributed by atoms with Gasteiger partial charge in [-0.15, -0.1) is 0 Å². The summed E-state index contributed by atoms with van der Waals surface area (Å²) in [4.78, 5) is 0. The third-order valence-electron chi connectivity index (χ3n) is 4.23. The number of hydrogen-bond acceptors (Lipinski definition) is 5. The maximum atomic E-state index is 6.24. The molecule has 2 fully saturated rings. The zero-order valence-electron chi connectivity index (χ0n) is 13.7. The van der Waals surface area contributed by atoms with Crippen LogP contribution in [0.3, 0.4) is 0 Å². The van der Waals surface area contributed by atoms with Crippen LogP contribution in [0.5, 0.6) is 0 Å². The lowest BCUT2D eigenvalue weighted by atomic mass is 9.87. The lowest BCUT2D eigenvalue weighted by molar-refractivity contribution is -0.214. The predicted molar refractivity (Wildman–Crippen MR) is 81.4 cm³/mol. The van der Waals surface area contributed by atoms with E-state index in [0.717, 1.165) is 38.8 Å². The van der Waals surface area contributed by atoms with Crippen LogP contribution in [0, 0.1) is 0 Å².